The topological polar surface area (TPSA) is 87.4 Å². The molecule has 0 saturated carbocycles. The molecule has 0 saturated heterocycles. The Morgan fingerprint density at radius 2 is 1.59 bits per heavy atom. The van der Waals surface area contributed by atoms with E-state index in [2.05, 4.69) is 14.6 Å². The fourth-order valence-electron chi connectivity index (χ4n) is 3.45. The number of aromatic nitrogens is 2. The van der Waals surface area contributed by atoms with Gasteiger partial charge < -0.3 is 14.4 Å². The van der Waals surface area contributed by atoms with Gasteiger partial charge in [0, 0.05) is 30.9 Å². The molecule has 0 aliphatic carbocycles. The van der Waals surface area contributed by atoms with Gasteiger partial charge in [0.2, 0.25) is 0 Å². The van der Waals surface area contributed by atoms with E-state index in [4.69, 9.17) is 0 Å². The van der Waals surface area contributed by atoms with Crippen LogP contribution in [0.2, 0.25) is 0 Å². The highest BCUT2D eigenvalue weighted by molar-refractivity contribution is 7.49. The lowest BCUT2D eigenvalue weighted by Crippen LogP contribution is -2.39. The molecule has 0 unspecified atom stereocenters. The first-order valence-corrected chi connectivity index (χ1v) is 10.4. The summed E-state index contributed by atoms with van der Waals surface area (Å²) in [6.45, 7) is 2.75. The monoisotopic (exact) mass is 385 g/mol. The molecule has 3 N–H and O–H groups in total. The predicted octanol–water partition coefficient (Wildman–Crippen LogP) is 3.25. The Labute approximate surface area is 159 Å². The van der Waals surface area contributed by atoms with Crippen molar-refractivity contribution in [3.63, 3.8) is 0 Å². The minimum atomic E-state index is -4.37. The summed E-state index contributed by atoms with van der Waals surface area (Å²) < 4.78 is 13.6. The lowest BCUT2D eigenvalue weighted by atomic mass is 9.72. The zero-order chi connectivity index (χ0) is 19.3. The number of rotatable bonds is 8. The van der Waals surface area contributed by atoms with E-state index >= 15 is 0 Å². The van der Waals surface area contributed by atoms with Gasteiger partial charge in [0.15, 0.2) is 0 Å². The van der Waals surface area contributed by atoms with Gasteiger partial charge in [-0.25, -0.2) is 14.6 Å². The van der Waals surface area contributed by atoms with Gasteiger partial charge in [0.25, 0.3) is 0 Å². The number of benzene rings is 2. The molecule has 2 aromatic carbocycles. The summed E-state index contributed by atoms with van der Waals surface area (Å²) in [4.78, 5) is 23.2. The second kappa shape index (κ2) is 8.19. The van der Waals surface area contributed by atoms with Crippen molar-refractivity contribution in [2.24, 2.45) is 0 Å². The Balaban J connectivity index is 2.06. The molecule has 0 aliphatic heterocycles. The van der Waals surface area contributed by atoms with Gasteiger partial charge >= 0.3 is 7.75 Å². The van der Waals surface area contributed by atoms with Crippen LogP contribution in [0.4, 0.5) is 0 Å². The largest absolute Gasteiger partial charge is 0.400 e. The van der Waals surface area contributed by atoms with E-state index in [9.17, 15) is 14.4 Å². The predicted molar refractivity (Wildman–Crippen MR) is 105 cm³/mol. The SMILES string of the molecule is Cc1nccn1CCC(CNP(=O)(O)O)(c1ccccc1)c1ccccc1. The van der Waals surface area contributed by atoms with Gasteiger partial charge in [0.05, 0.1) is 0 Å². The van der Waals surface area contributed by atoms with Crippen molar-refractivity contribution < 1.29 is 14.4 Å². The number of imidazole rings is 1. The summed E-state index contributed by atoms with van der Waals surface area (Å²) in [5, 5.41) is 2.45. The van der Waals surface area contributed by atoms with E-state index in [1.165, 1.54) is 0 Å². The van der Waals surface area contributed by atoms with Crippen molar-refractivity contribution in [3.05, 3.63) is 90.0 Å². The van der Waals surface area contributed by atoms with E-state index < -0.39 is 13.2 Å². The Kier molecular flexibility index (Phi) is 5.92. The zero-order valence-electron chi connectivity index (χ0n) is 15.2. The van der Waals surface area contributed by atoms with Gasteiger partial charge in [0.1, 0.15) is 5.82 Å². The second-order valence-corrected chi connectivity index (χ2v) is 8.02. The van der Waals surface area contributed by atoms with E-state index in [1.54, 1.807) is 6.20 Å². The summed E-state index contributed by atoms with van der Waals surface area (Å²) in [5.74, 6) is 0.910. The quantitative estimate of drug-likeness (QED) is 0.518. The van der Waals surface area contributed by atoms with E-state index in [0.29, 0.717) is 13.0 Å². The van der Waals surface area contributed by atoms with Gasteiger partial charge in [-0.2, -0.15) is 0 Å². The molecule has 0 aliphatic rings. The fraction of sp³-hybridized carbons (Fsp3) is 0.250. The number of aryl methyl sites for hydroxylation is 2. The number of nitrogens with one attached hydrogen (secondary N) is 1. The Morgan fingerprint density at radius 3 is 2.04 bits per heavy atom. The summed E-state index contributed by atoms with van der Waals surface area (Å²) >= 11 is 0. The van der Waals surface area contributed by atoms with E-state index in [0.717, 1.165) is 17.0 Å². The van der Waals surface area contributed by atoms with Crippen LogP contribution in [0.3, 0.4) is 0 Å². The van der Waals surface area contributed by atoms with Gasteiger partial charge in [-0.3, -0.25) is 0 Å². The molecule has 0 atom stereocenters. The van der Waals surface area contributed by atoms with Crippen molar-refractivity contribution in [1.82, 2.24) is 14.6 Å². The van der Waals surface area contributed by atoms with Gasteiger partial charge in [-0.15, -0.1) is 0 Å². The Bertz CT molecular complexity index is 867. The molecule has 27 heavy (non-hydrogen) atoms. The summed E-state index contributed by atoms with van der Waals surface area (Å²) in [5.41, 5.74) is 1.42. The van der Waals surface area contributed by atoms with Gasteiger partial charge in [-0.05, 0) is 24.5 Å². The molecule has 142 valence electrons. The van der Waals surface area contributed by atoms with E-state index in [1.807, 2.05) is 73.8 Å². The number of hydrogen-bond acceptors (Lipinski definition) is 2. The average molecular weight is 385 g/mol. The third kappa shape index (κ3) is 4.73. The van der Waals surface area contributed by atoms with Crippen LogP contribution in [-0.4, -0.2) is 25.9 Å². The third-order valence-corrected chi connectivity index (χ3v) is 5.51. The first-order chi connectivity index (χ1) is 12.9. The maximum atomic E-state index is 11.6. The van der Waals surface area contributed by atoms with Crippen LogP contribution in [0.5, 0.6) is 0 Å². The molecule has 0 amide bonds. The highest BCUT2D eigenvalue weighted by Crippen LogP contribution is 2.39. The molecule has 1 aromatic heterocycles. The van der Waals surface area contributed by atoms with Crippen LogP contribution in [0.15, 0.2) is 73.1 Å². The average Bonchev–Trinajstić information content (AvgIpc) is 3.08. The number of hydrogen-bond donors (Lipinski definition) is 3. The molecule has 0 radical (unpaired) electrons. The molecule has 0 bridgehead atoms. The second-order valence-electron chi connectivity index (χ2n) is 6.61. The lowest BCUT2D eigenvalue weighted by molar-refractivity contribution is 0.341. The lowest BCUT2D eigenvalue weighted by Gasteiger charge is -2.36. The molecule has 6 nitrogen and oxygen atoms in total. The summed E-state index contributed by atoms with van der Waals surface area (Å²) in [6, 6.07) is 19.7. The number of nitrogens with zero attached hydrogens (tertiary/aromatic N) is 2. The first-order valence-electron chi connectivity index (χ1n) is 8.80. The molecular formula is C20H24N3O3P. The molecule has 1 heterocycles. The van der Waals surface area contributed by atoms with Crippen LogP contribution in [0.1, 0.15) is 23.4 Å². The Morgan fingerprint density at radius 1 is 1.04 bits per heavy atom. The van der Waals surface area contributed by atoms with E-state index in [-0.39, 0.29) is 6.54 Å². The fourth-order valence-corrected chi connectivity index (χ4v) is 3.93. The minimum absolute atomic E-state index is 0.124. The van der Waals surface area contributed by atoms with Crippen LogP contribution in [-0.2, 0) is 16.5 Å². The molecule has 7 heteroatoms. The minimum Gasteiger partial charge on any atom is -0.335 e. The highest BCUT2D eigenvalue weighted by atomic mass is 31.2. The van der Waals surface area contributed by atoms with Crippen molar-refractivity contribution in [3.8, 4) is 0 Å². The third-order valence-electron chi connectivity index (χ3n) is 4.94. The Hall–Kier alpha value is -2.24. The molecule has 0 spiro atoms. The van der Waals surface area contributed by atoms with Crippen LogP contribution in [0.25, 0.3) is 0 Å². The zero-order valence-corrected chi connectivity index (χ0v) is 16.1. The smallest absolute Gasteiger partial charge is 0.335 e. The van der Waals surface area contributed by atoms with Crippen LogP contribution in [0, 0.1) is 6.92 Å². The van der Waals surface area contributed by atoms with Crippen molar-refractivity contribution in [2.45, 2.75) is 25.3 Å². The maximum Gasteiger partial charge on any atom is 0.400 e. The maximum absolute atomic E-state index is 11.6. The molecule has 3 aromatic rings. The summed E-state index contributed by atoms with van der Waals surface area (Å²) in [7, 11) is -4.37. The first kappa shape index (κ1) is 19.5. The molecule has 3 rings (SSSR count). The van der Waals surface area contributed by atoms with Crippen LogP contribution < -0.4 is 5.09 Å². The van der Waals surface area contributed by atoms with Crippen molar-refractivity contribution in [1.29, 1.82) is 0 Å². The molecular weight excluding hydrogens is 361 g/mol. The van der Waals surface area contributed by atoms with Crippen LogP contribution >= 0.6 is 7.75 Å². The molecule has 0 fully saturated rings. The highest BCUT2D eigenvalue weighted by Gasteiger charge is 2.35. The van der Waals surface area contributed by atoms with Gasteiger partial charge in [-0.1, -0.05) is 60.7 Å². The summed E-state index contributed by atoms with van der Waals surface area (Å²) in [6.07, 6.45) is 4.34. The van der Waals surface area contributed by atoms with Crippen molar-refractivity contribution >= 4 is 7.75 Å². The normalized spacial score (nSPS) is 12.3. The standard InChI is InChI=1S/C20H24N3O3P/c1-17-21-13-15-23(17)14-12-20(16-22-27(24,25)26,18-8-4-2-5-9-18)19-10-6-3-7-11-19/h2-11,13,15H,12,14,16H2,1H3,(H3,22,24,25,26). The van der Waals surface area contributed by atoms with Crippen molar-refractivity contribution in [2.75, 3.05) is 6.54 Å².